The number of hydrogen-bond acceptors (Lipinski definition) is 8. The third kappa shape index (κ3) is 4.30. The molecule has 0 atom stereocenters. The molecule has 0 saturated carbocycles. The Hall–Kier alpha value is -4.54. The number of piperazine rings is 1. The zero-order valence-electron chi connectivity index (χ0n) is 20.0. The first-order valence-corrected chi connectivity index (χ1v) is 11.7. The van der Waals surface area contributed by atoms with E-state index >= 15 is 0 Å². The lowest BCUT2D eigenvalue weighted by molar-refractivity contribution is 0.0696. The Kier molecular flexibility index (Phi) is 6.19. The molecule has 1 aliphatic heterocycles. The third-order valence-corrected chi connectivity index (χ3v) is 6.16. The number of aryl methyl sites for hydroxylation is 1. The summed E-state index contributed by atoms with van der Waals surface area (Å²) >= 11 is 0. The zero-order valence-corrected chi connectivity index (χ0v) is 20.0. The quantitative estimate of drug-likeness (QED) is 0.418. The van der Waals surface area contributed by atoms with Crippen molar-refractivity contribution in [1.29, 1.82) is 0 Å². The summed E-state index contributed by atoms with van der Waals surface area (Å²) in [6, 6.07) is 17.1. The van der Waals surface area contributed by atoms with Crippen molar-refractivity contribution in [1.82, 2.24) is 29.4 Å². The molecule has 1 fully saturated rings. The first-order valence-electron chi connectivity index (χ1n) is 11.7. The van der Waals surface area contributed by atoms with E-state index in [-0.39, 0.29) is 24.0 Å². The lowest BCUT2D eigenvalue weighted by Crippen LogP contribution is -2.48. The number of aromatic nitrogens is 5. The molecule has 1 saturated heterocycles. The number of amides is 1. The lowest BCUT2D eigenvalue weighted by atomic mass is 10.2. The molecule has 2 aromatic heterocycles. The van der Waals surface area contributed by atoms with E-state index in [1.807, 2.05) is 49.4 Å². The van der Waals surface area contributed by atoms with Crippen LogP contribution in [-0.2, 0) is 6.54 Å². The summed E-state index contributed by atoms with van der Waals surface area (Å²) in [4.78, 5) is 46.9. The van der Waals surface area contributed by atoms with Gasteiger partial charge in [-0.1, -0.05) is 41.1 Å². The highest BCUT2D eigenvalue weighted by Gasteiger charge is 2.28. The molecule has 0 N–H and O–H groups in total. The summed E-state index contributed by atoms with van der Waals surface area (Å²) < 4.78 is 7.39. The van der Waals surface area contributed by atoms with Crippen LogP contribution in [-0.4, -0.2) is 61.5 Å². The van der Waals surface area contributed by atoms with Crippen LogP contribution in [0.25, 0.3) is 17.2 Å². The van der Waals surface area contributed by atoms with Crippen molar-refractivity contribution < 1.29 is 9.32 Å². The van der Waals surface area contributed by atoms with Crippen LogP contribution in [0.2, 0.25) is 0 Å². The third-order valence-electron chi connectivity index (χ3n) is 6.16. The summed E-state index contributed by atoms with van der Waals surface area (Å²) in [6.07, 6.45) is 0. The molecule has 36 heavy (non-hydrogen) atoms. The van der Waals surface area contributed by atoms with Crippen LogP contribution in [0.5, 0.6) is 0 Å². The highest BCUT2D eigenvalue weighted by atomic mass is 16.5. The highest BCUT2D eigenvalue weighted by Crippen LogP contribution is 2.17. The van der Waals surface area contributed by atoms with Gasteiger partial charge in [0.05, 0.1) is 5.69 Å². The molecular formula is C25H25N7O4. The number of benzene rings is 2. The normalized spacial score (nSPS) is 13.7. The fraction of sp³-hybridized carbons (Fsp3) is 0.280. The number of hydrogen-bond donors (Lipinski definition) is 0. The van der Waals surface area contributed by atoms with Crippen molar-refractivity contribution in [2.24, 2.45) is 0 Å². The largest absolute Gasteiger partial charge is 0.368 e. The van der Waals surface area contributed by atoms with Gasteiger partial charge in [-0.25, -0.2) is 4.79 Å². The Morgan fingerprint density at radius 1 is 0.944 bits per heavy atom. The predicted octanol–water partition coefficient (Wildman–Crippen LogP) is 1.73. The Morgan fingerprint density at radius 2 is 1.64 bits per heavy atom. The zero-order chi connectivity index (χ0) is 25.2. The Labute approximate surface area is 206 Å². The van der Waals surface area contributed by atoms with Crippen LogP contribution >= 0.6 is 0 Å². The molecule has 11 nitrogen and oxygen atoms in total. The average Bonchev–Trinajstić information content (AvgIpc) is 3.40. The van der Waals surface area contributed by atoms with Crippen molar-refractivity contribution in [2.75, 3.05) is 31.1 Å². The molecular weight excluding hydrogens is 462 g/mol. The van der Waals surface area contributed by atoms with Gasteiger partial charge in [0.2, 0.25) is 5.82 Å². The maximum absolute atomic E-state index is 13.0. The molecule has 1 aliphatic rings. The summed E-state index contributed by atoms with van der Waals surface area (Å²) in [5.41, 5.74) is 1.21. The number of carbonyl (C=O) groups is 1. The van der Waals surface area contributed by atoms with Crippen LogP contribution in [0.3, 0.4) is 0 Å². The second-order valence-electron chi connectivity index (χ2n) is 8.47. The van der Waals surface area contributed by atoms with Gasteiger partial charge < -0.3 is 14.3 Å². The van der Waals surface area contributed by atoms with Crippen LogP contribution in [0, 0.1) is 6.92 Å². The topological polar surface area (TPSA) is 119 Å². The van der Waals surface area contributed by atoms with Crippen molar-refractivity contribution in [2.45, 2.75) is 20.4 Å². The van der Waals surface area contributed by atoms with E-state index in [0.717, 1.165) is 20.5 Å². The van der Waals surface area contributed by atoms with Gasteiger partial charge in [0.15, 0.2) is 5.69 Å². The van der Waals surface area contributed by atoms with Gasteiger partial charge in [-0.2, -0.15) is 14.8 Å². The Balaban J connectivity index is 1.41. The smallest absolute Gasteiger partial charge is 0.352 e. The second kappa shape index (κ2) is 9.61. The molecule has 0 radical (unpaired) electrons. The van der Waals surface area contributed by atoms with Crippen molar-refractivity contribution in [3.8, 4) is 17.2 Å². The van der Waals surface area contributed by atoms with Gasteiger partial charge in [-0.3, -0.25) is 14.2 Å². The summed E-state index contributed by atoms with van der Waals surface area (Å²) in [5.74, 6) is -0.783. The second-order valence-corrected chi connectivity index (χ2v) is 8.47. The lowest BCUT2D eigenvalue weighted by Gasteiger charge is -2.35. The molecule has 5 rings (SSSR count). The minimum absolute atomic E-state index is 0.133. The van der Waals surface area contributed by atoms with E-state index in [1.165, 1.54) is 0 Å². The number of para-hydroxylation sites is 1. The van der Waals surface area contributed by atoms with Crippen molar-refractivity contribution >= 4 is 11.6 Å². The number of rotatable bonds is 5. The van der Waals surface area contributed by atoms with E-state index < -0.39 is 17.2 Å². The Bertz CT molecular complexity index is 1500. The molecule has 2 aromatic carbocycles. The monoisotopic (exact) mass is 487 g/mol. The van der Waals surface area contributed by atoms with Crippen LogP contribution in [0.1, 0.15) is 23.2 Å². The molecule has 11 heteroatoms. The van der Waals surface area contributed by atoms with Gasteiger partial charge in [-0.15, -0.1) is 0 Å². The fourth-order valence-electron chi connectivity index (χ4n) is 4.14. The standard InChI is InChI=1S/C25H25N7O4/c1-3-31-23(33)20(27-32(25(31)35)19-11-9-17(2)10-12-19)21-26-22(36-28-21)24(34)30-15-13-29(14-16-30)18-7-5-4-6-8-18/h4-12H,3,13-16H2,1-2H3. The van der Waals surface area contributed by atoms with Gasteiger partial charge >= 0.3 is 17.5 Å². The predicted molar refractivity (Wildman–Crippen MR) is 132 cm³/mol. The van der Waals surface area contributed by atoms with Gasteiger partial charge in [-0.05, 0) is 38.1 Å². The Morgan fingerprint density at radius 3 is 2.31 bits per heavy atom. The first-order chi connectivity index (χ1) is 17.5. The van der Waals surface area contributed by atoms with Crippen molar-refractivity contribution in [3.63, 3.8) is 0 Å². The number of nitrogens with zero attached hydrogens (tertiary/aromatic N) is 7. The van der Waals surface area contributed by atoms with Gasteiger partial charge in [0.25, 0.3) is 5.56 Å². The van der Waals surface area contributed by atoms with E-state index in [0.29, 0.717) is 31.9 Å². The summed E-state index contributed by atoms with van der Waals surface area (Å²) in [6.45, 7) is 6.07. The molecule has 0 unspecified atom stereocenters. The maximum Gasteiger partial charge on any atom is 0.352 e. The molecule has 1 amide bonds. The van der Waals surface area contributed by atoms with Gasteiger partial charge in [0.1, 0.15) is 0 Å². The van der Waals surface area contributed by atoms with Crippen LogP contribution in [0.15, 0.2) is 68.7 Å². The van der Waals surface area contributed by atoms with Crippen LogP contribution < -0.4 is 16.1 Å². The SMILES string of the molecule is CCn1c(=O)c(-c2noc(C(=O)N3CCN(c4ccccc4)CC3)n2)nn(-c2ccc(C)cc2)c1=O. The summed E-state index contributed by atoms with van der Waals surface area (Å²) in [5, 5.41) is 8.08. The highest BCUT2D eigenvalue weighted by molar-refractivity contribution is 5.90. The minimum atomic E-state index is -0.651. The molecule has 0 spiro atoms. The van der Waals surface area contributed by atoms with Gasteiger partial charge in [0, 0.05) is 38.4 Å². The van der Waals surface area contributed by atoms with E-state index in [1.54, 1.807) is 24.0 Å². The number of carbonyl (C=O) groups excluding carboxylic acids is 1. The van der Waals surface area contributed by atoms with Crippen LogP contribution in [0.4, 0.5) is 5.69 Å². The van der Waals surface area contributed by atoms with E-state index in [2.05, 4.69) is 20.1 Å². The average molecular weight is 488 g/mol. The van der Waals surface area contributed by atoms with Crippen molar-refractivity contribution in [3.05, 3.63) is 86.9 Å². The summed E-state index contributed by atoms with van der Waals surface area (Å²) in [7, 11) is 0. The first kappa shape index (κ1) is 23.2. The van der Waals surface area contributed by atoms with E-state index in [9.17, 15) is 14.4 Å². The van der Waals surface area contributed by atoms with E-state index in [4.69, 9.17) is 4.52 Å². The number of anilines is 1. The molecule has 3 heterocycles. The maximum atomic E-state index is 13.0. The molecule has 0 aliphatic carbocycles. The molecule has 4 aromatic rings. The molecule has 184 valence electrons. The molecule has 0 bridgehead atoms. The fourth-order valence-corrected chi connectivity index (χ4v) is 4.14. The minimum Gasteiger partial charge on any atom is -0.368 e.